The summed E-state index contributed by atoms with van der Waals surface area (Å²) in [5.74, 6) is -0.0806. The Kier molecular flexibility index (Phi) is 4.47. The van der Waals surface area contributed by atoms with Crippen molar-refractivity contribution < 1.29 is 13.5 Å². The van der Waals surface area contributed by atoms with Crippen molar-refractivity contribution >= 4 is 26.0 Å². The molecule has 20 heavy (non-hydrogen) atoms. The number of hydrogen-bond acceptors (Lipinski definition) is 3. The molecule has 2 aromatic carbocycles. The zero-order chi connectivity index (χ0) is 14.8. The standard InChI is InChI=1S/C14H14BrNO3S/c1-10(11-4-2-5-12(15)8-11)16-20(18,19)14-7-3-6-13(17)9-14/h2-10,16-17H,1H3. The topological polar surface area (TPSA) is 66.4 Å². The lowest BCUT2D eigenvalue weighted by molar-refractivity contribution is 0.473. The van der Waals surface area contributed by atoms with Gasteiger partial charge in [0.2, 0.25) is 10.0 Å². The van der Waals surface area contributed by atoms with Crippen molar-refractivity contribution in [3.8, 4) is 5.75 Å². The predicted molar refractivity (Wildman–Crippen MR) is 81.0 cm³/mol. The van der Waals surface area contributed by atoms with Crippen LogP contribution in [0.5, 0.6) is 5.75 Å². The first kappa shape index (κ1) is 15.0. The normalized spacial score (nSPS) is 13.1. The third-order valence-corrected chi connectivity index (χ3v) is 4.84. The van der Waals surface area contributed by atoms with E-state index in [-0.39, 0.29) is 16.7 Å². The van der Waals surface area contributed by atoms with Crippen LogP contribution < -0.4 is 4.72 Å². The minimum atomic E-state index is -3.67. The van der Waals surface area contributed by atoms with E-state index in [1.807, 2.05) is 24.3 Å². The lowest BCUT2D eigenvalue weighted by Crippen LogP contribution is -2.26. The average molecular weight is 356 g/mol. The Bertz CT molecular complexity index is 716. The van der Waals surface area contributed by atoms with Crippen LogP contribution in [0.2, 0.25) is 0 Å². The minimum Gasteiger partial charge on any atom is -0.508 e. The Balaban J connectivity index is 2.24. The molecule has 0 bridgehead atoms. The van der Waals surface area contributed by atoms with Crippen LogP contribution in [0, 0.1) is 0 Å². The molecule has 0 aromatic heterocycles. The molecule has 1 atom stereocenters. The molecule has 0 aliphatic rings. The minimum absolute atomic E-state index is 0.0411. The summed E-state index contributed by atoms with van der Waals surface area (Å²) in [6.45, 7) is 1.77. The van der Waals surface area contributed by atoms with Crippen molar-refractivity contribution in [1.29, 1.82) is 0 Å². The molecule has 4 nitrogen and oxygen atoms in total. The number of benzene rings is 2. The second kappa shape index (κ2) is 5.95. The number of sulfonamides is 1. The summed E-state index contributed by atoms with van der Waals surface area (Å²) in [5, 5.41) is 9.37. The lowest BCUT2D eigenvalue weighted by atomic mass is 10.1. The van der Waals surface area contributed by atoms with Crippen LogP contribution in [0.15, 0.2) is 57.9 Å². The van der Waals surface area contributed by atoms with E-state index in [1.54, 1.807) is 6.92 Å². The van der Waals surface area contributed by atoms with Crippen LogP contribution in [-0.2, 0) is 10.0 Å². The van der Waals surface area contributed by atoms with E-state index in [0.717, 1.165) is 10.0 Å². The zero-order valence-corrected chi connectivity index (χ0v) is 13.1. The summed E-state index contributed by atoms with van der Waals surface area (Å²) in [6, 6.07) is 12.6. The third-order valence-electron chi connectivity index (χ3n) is 2.81. The van der Waals surface area contributed by atoms with Gasteiger partial charge in [-0.3, -0.25) is 0 Å². The fraction of sp³-hybridized carbons (Fsp3) is 0.143. The van der Waals surface area contributed by atoms with Crippen LogP contribution in [0.25, 0.3) is 0 Å². The van der Waals surface area contributed by atoms with Crippen molar-refractivity contribution in [3.63, 3.8) is 0 Å². The highest BCUT2D eigenvalue weighted by molar-refractivity contribution is 9.10. The van der Waals surface area contributed by atoms with Gasteiger partial charge in [-0.15, -0.1) is 0 Å². The maximum atomic E-state index is 12.2. The van der Waals surface area contributed by atoms with Gasteiger partial charge >= 0.3 is 0 Å². The maximum Gasteiger partial charge on any atom is 0.241 e. The van der Waals surface area contributed by atoms with Gasteiger partial charge < -0.3 is 5.11 Å². The summed E-state index contributed by atoms with van der Waals surface area (Å²) in [5.41, 5.74) is 0.850. The van der Waals surface area contributed by atoms with Crippen molar-refractivity contribution in [2.24, 2.45) is 0 Å². The molecular weight excluding hydrogens is 342 g/mol. The predicted octanol–water partition coefficient (Wildman–Crippen LogP) is 3.19. The smallest absolute Gasteiger partial charge is 0.241 e. The Morgan fingerprint density at radius 2 is 1.85 bits per heavy atom. The maximum absolute atomic E-state index is 12.2. The fourth-order valence-corrected chi connectivity index (χ4v) is 3.48. The number of phenolic OH excluding ortho intramolecular Hbond substituents is 1. The highest BCUT2D eigenvalue weighted by atomic mass is 79.9. The second-order valence-electron chi connectivity index (χ2n) is 4.40. The molecular formula is C14H14BrNO3S. The molecule has 0 heterocycles. The first-order valence-electron chi connectivity index (χ1n) is 5.95. The molecule has 0 aliphatic carbocycles. The number of aromatic hydroxyl groups is 1. The zero-order valence-electron chi connectivity index (χ0n) is 10.7. The number of nitrogens with one attached hydrogen (secondary N) is 1. The van der Waals surface area contributed by atoms with Crippen LogP contribution in [0.4, 0.5) is 0 Å². The molecule has 0 spiro atoms. The van der Waals surface area contributed by atoms with Gasteiger partial charge in [0, 0.05) is 10.5 Å². The molecule has 1 unspecified atom stereocenters. The molecule has 0 aliphatic heterocycles. The van der Waals surface area contributed by atoms with Gasteiger partial charge in [-0.05, 0) is 42.8 Å². The van der Waals surface area contributed by atoms with Crippen LogP contribution in [-0.4, -0.2) is 13.5 Å². The average Bonchev–Trinajstić information content (AvgIpc) is 2.38. The van der Waals surface area contributed by atoms with Gasteiger partial charge in [0.05, 0.1) is 4.90 Å². The van der Waals surface area contributed by atoms with Gasteiger partial charge in [-0.25, -0.2) is 13.1 Å². The molecule has 0 radical (unpaired) electrons. The number of halogens is 1. The van der Waals surface area contributed by atoms with E-state index >= 15 is 0 Å². The molecule has 2 aromatic rings. The van der Waals surface area contributed by atoms with E-state index in [1.165, 1.54) is 24.3 Å². The highest BCUT2D eigenvalue weighted by Gasteiger charge is 2.18. The van der Waals surface area contributed by atoms with Crippen LogP contribution in [0.3, 0.4) is 0 Å². The van der Waals surface area contributed by atoms with Crippen molar-refractivity contribution in [1.82, 2.24) is 4.72 Å². The van der Waals surface area contributed by atoms with E-state index in [4.69, 9.17) is 0 Å². The number of hydrogen-bond donors (Lipinski definition) is 2. The van der Waals surface area contributed by atoms with E-state index < -0.39 is 10.0 Å². The molecule has 106 valence electrons. The van der Waals surface area contributed by atoms with Crippen molar-refractivity contribution in [2.45, 2.75) is 17.9 Å². The summed E-state index contributed by atoms with van der Waals surface area (Å²) in [7, 11) is -3.67. The Labute approximate surface area is 126 Å². The molecule has 2 rings (SSSR count). The van der Waals surface area contributed by atoms with E-state index in [9.17, 15) is 13.5 Å². The third kappa shape index (κ3) is 3.59. The second-order valence-corrected chi connectivity index (χ2v) is 7.02. The summed E-state index contributed by atoms with van der Waals surface area (Å²) in [4.78, 5) is 0.0411. The SMILES string of the molecule is CC(NS(=O)(=O)c1cccc(O)c1)c1cccc(Br)c1. The molecule has 0 fully saturated rings. The summed E-state index contributed by atoms with van der Waals surface area (Å²) in [6.07, 6.45) is 0. The Morgan fingerprint density at radius 1 is 1.15 bits per heavy atom. The summed E-state index contributed by atoms with van der Waals surface area (Å²) >= 11 is 3.35. The molecule has 0 amide bonds. The molecule has 2 N–H and O–H groups in total. The quantitative estimate of drug-likeness (QED) is 0.884. The monoisotopic (exact) mass is 355 g/mol. The van der Waals surface area contributed by atoms with Crippen molar-refractivity contribution in [2.75, 3.05) is 0 Å². The largest absolute Gasteiger partial charge is 0.508 e. The van der Waals surface area contributed by atoms with Crippen molar-refractivity contribution in [3.05, 3.63) is 58.6 Å². The van der Waals surface area contributed by atoms with E-state index in [2.05, 4.69) is 20.7 Å². The van der Waals surface area contributed by atoms with E-state index in [0.29, 0.717) is 0 Å². The number of phenols is 1. The highest BCUT2D eigenvalue weighted by Crippen LogP contribution is 2.21. The molecule has 0 saturated heterocycles. The fourth-order valence-electron chi connectivity index (χ4n) is 1.80. The summed E-state index contributed by atoms with van der Waals surface area (Å²) < 4.78 is 27.9. The van der Waals surface area contributed by atoms with Gasteiger partial charge in [0.15, 0.2) is 0 Å². The Hall–Kier alpha value is -1.37. The first-order chi connectivity index (χ1) is 9.38. The number of rotatable bonds is 4. The van der Waals surface area contributed by atoms with Crippen LogP contribution >= 0.6 is 15.9 Å². The van der Waals surface area contributed by atoms with Gasteiger partial charge in [0.25, 0.3) is 0 Å². The molecule has 0 saturated carbocycles. The van der Waals surface area contributed by atoms with Gasteiger partial charge in [0.1, 0.15) is 5.75 Å². The first-order valence-corrected chi connectivity index (χ1v) is 8.23. The molecule has 6 heteroatoms. The van der Waals surface area contributed by atoms with Gasteiger partial charge in [-0.1, -0.05) is 34.1 Å². The van der Waals surface area contributed by atoms with Crippen LogP contribution in [0.1, 0.15) is 18.5 Å². The Morgan fingerprint density at radius 3 is 2.50 bits per heavy atom. The lowest BCUT2D eigenvalue weighted by Gasteiger charge is -2.15. The van der Waals surface area contributed by atoms with Gasteiger partial charge in [-0.2, -0.15) is 0 Å².